The van der Waals surface area contributed by atoms with Gasteiger partial charge in [-0.1, -0.05) is 41.9 Å². The van der Waals surface area contributed by atoms with Gasteiger partial charge in [0, 0.05) is 23.1 Å². The van der Waals surface area contributed by atoms with Gasteiger partial charge in [-0.05, 0) is 42.3 Å². The minimum atomic E-state index is -0.802. The summed E-state index contributed by atoms with van der Waals surface area (Å²) in [4.78, 5) is 35.1. The molecule has 0 amide bonds. The fourth-order valence-corrected chi connectivity index (χ4v) is 3.43. The number of nitrogens with zero attached hydrogens (tertiary/aromatic N) is 1. The van der Waals surface area contributed by atoms with Crippen LogP contribution in [-0.2, 0) is 0 Å². The van der Waals surface area contributed by atoms with Crippen molar-refractivity contribution in [1.29, 1.82) is 0 Å². The number of halogens is 1. The second-order valence-corrected chi connectivity index (χ2v) is 7.13. The molecule has 4 rings (SSSR count). The van der Waals surface area contributed by atoms with Crippen molar-refractivity contribution in [2.45, 2.75) is 6.92 Å². The zero-order valence-corrected chi connectivity index (χ0v) is 16.9. The Hall–Kier alpha value is -3.97. The third-order valence-corrected chi connectivity index (χ3v) is 5.10. The Bertz CT molecular complexity index is 1390. The van der Waals surface area contributed by atoms with Crippen LogP contribution >= 0.6 is 11.6 Å². The van der Waals surface area contributed by atoms with Gasteiger partial charge < -0.3 is 9.15 Å². The van der Waals surface area contributed by atoms with Crippen molar-refractivity contribution >= 4 is 34.2 Å². The number of hydrogen-bond donors (Lipinski definition) is 0. The number of benzene rings is 3. The van der Waals surface area contributed by atoms with E-state index >= 15 is 0 Å². The highest BCUT2D eigenvalue weighted by atomic mass is 35.5. The molecule has 31 heavy (non-hydrogen) atoms. The molecule has 0 aliphatic heterocycles. The summed E-state index contributed by atoms with van der Waals surface area (Å²) in [7, 11) is 0. The number of hydrogen-bond acceptors (Lipinski definition) is 6. The first-order valence-electron chi connectivity index (χ1n) is 9.14. The first-order chi connectivity index (χ1) is 14.8. The standard InChI is InChI=1S/C23H14ClNO6/c1-13-20(30-23(27)15-7-9-18(24)19(11-15)25(28)29)10-8-16-17(12-21(26)31-22(13)16)14-5-3-2-4-6-14/h2-12H,1H3. The molecule has 8 heteroatoms. The highest BCUT2D eigenvalue weighted by Gasteiger charge is 2.20. The largest absolute Gasteiger partial charge is 0.423 e. The minimum absolute atomic E-state index is 0.0323. The van der Waals surface area contributed by atoms with Crippen molar-refractivity contribution in [1.82, 2.24) is 0 Å². The molecule has 0 N–H and O–H groups in total. The second kappa shape index (κ2) is 8.04. The van der Waals surface area contributed by atoms with Gasteiger partial charge in [0.1, 0.15) is 16.4 Å². The Kier molecular flexibility index (Phi) is 5.27. The molecule has 7 nitrogen and oxygen atoms in total. The number of carbonyl (C=O) groups is 1. The van der Waals surface area contributed by atoms with Gasteiger partial charge in [-0.15, -0.1) is 0 Å². The quantitative estimate of drug-likeness (QED) is 0.137. The minimum Gasteiger partial charge on any atom is -0.423 e. The van der Waals surface area contributed by atoms with Gasteiger partial charge in [0.25, 0.3) is 5.69 Å². The number of aryl methyl sites for hydroxylation is 1. The molecule has 0 saturated carbocycles. The number of nitro benzene ring substituents is 1. The fourth-order valence-electron chi connectivity index (χ4n) is 3.25. The van der Waals surface area contributed by atoms with Crippen LogP contribution in [0.15, 0.2) is 75.9 Å². The van der Waals surface area contributed by atoms with Crippen LogP contribution in [0.1, 0.15) is 15.9 Å². The summed E-state index contributed by atoms with van der Waals surface area (Å²) in [6.07, 6.45) is 0. The fraction of sp³-hybridized carbons (Fsp3) is 0.0435. The predicted molar refractivity (Wildman–Crippen MR) is 116 cm³/mol. The molecule has 0 radical (unpaired) electrons. The SMILES string of the molecule is Cc1c(OC(=O)c2ccc(Cl)c([N+](=O)[O-])c2)ccc2c(-c3ccccc3)cc(=O)oc12. The van der Waals surface area contributed by atoms with Crippen LogP contribution in [0, 0.1) is 17.0 Å². The van der Waals surface area contributed by atoms with E-state index < -0.39 is 22.2 Å². The number of esters is 1. The molecule has 4 aromatic rings. The highest BCUT2D eigenvalue weighted by molar-refractivity contribution is 6.32. The van der Waals surface area contributed by atoms with Gasteiger partial charge in [0.15, 0.2) is 0 Å². The summed E-state index contributed by atoms with van der Waals surface area (Å²) in [6, 6.07) is 17.7. The van der Waals surface area contributed by atoms with Crippen LogP contribution in [-0.4, -0.2) is 10.9 Å². The molecule has 0 bridgehead atoms. The van der Waals surface area contributed by atoms with Gasteiger partial charge >= 0.3 is 11.6 Å². The maximum atomic E-state index is 12.6. The maximum absolute atomic E-state index is 12.6. The lowest BCUT2D eigenvalue weighted by molar-refractivity contribution is -0.384. The molecular formula is C23H14ClNO6. The molecule has 0 atom stereocenters. The average molecular weight is 436 g/mol. The lowest BCUT2D eigenvalue weighted by Crippen LogP contribution is -2.10. The summed E-state index contributed by atoms with van der Waals surface area (Å²) in [5, 5.41) is 11.7. The topological polar surface area (TPSA) is 99.6 Å². The molecule has 1 aromatic heterocycles. The van der Waals surface area contributed by atoms with Gasteiger partial charge in [-0.3, -0.25) is 10.1 Å². The number of fused-ring (bicyclic) bond motifs is 1. The van der Waals surface area contributed by atoms with E-state index in [0.717, 1.165) is 11.6 Å². The van der Waals surface area contributed by atoms with Gasteiger partial charge in [-0.25, -0.2) is 9.59 Å². The molecule has 1 heterocycles. The van der Waals surface area contributed by atoms with Crippen molar-refractivity contribution in [2.75, 3.05) is 0 Å². The van der Waals surface area contributed by atoms with Crippen molar-refractivity contribution in [3.8, 4) is 16.9 Å². The van der Waals surface area contributed by atoms with E-state index in [2.05, 4.69) is 0 Å². The molecule has 0 aliphatic carbocycles. The summed E-state index contributed by atoms with van der Waals surface area (Å²) < 4.78 is 10.8. The molecule has 3 aromatic carbocycles. The van der Waals surface area contributed by atoms with Crippen LogP contribution in [0.2, 0.25) is 5.02 Å². The summed E-state index contributed by atoms with van der Waals surface area (Å²) in [5.74, 6) is -0.632. The Labute approximate surface area is 180 Å². The van der Waals surface area contributed by atoms with Crippen LogP contribution in [0.3, 0.4) is 0 Å². The average Bonchev–Trinajstić information content (AvgIpc) is 2.76. The number of rotatable bonds is 4. The smallest absolute Gasteiger partial charge is 0.343 e. The van der Waals surface area contributed by atoms with Crippen LogP contribution in [0.4, 0.5) is 5.69 Å². The maximum Gasteiger partial charge on any atom is 0.343 e. The van der Waals surface area contributed by atoms with Gasteiger partial charge in [0.05, 0.1) is 10.5 Å². The third kappa shape index (κ3) is 3.91. The molecule has 0 unspecified atom stereocenters. The molecule has 0 aliphatic rings. The van der Waals surface area contributed by atoms with E-state index in [9.17, 15) is 19.7 Å². The number of nitro groups is 1. The van der Waals surface area contributed by atoms with Crippen molar-refractivity contribution in [3.05, 3.63) is 103 Å². The van der Waals surface area contributed by atoms with Gasteiger partial charge in [-0.2, -0.15) is 0 Å². The third-order valence-electron chi connectivity index (χ3n) is 4.78. The Morgan fingerprint density at radius 1 is 1.06 bits per heavy atom. The summed E-state index contributed by atoms with van der Waals surface area (Å²) >= 11 is 5.79. The summed E-state index contributed by atoms with van der Waals surface area (Å²) in [5.41, 5.74) is 1.31. The van der Waals surface area contributed by atoms with Crippen LogP contribution in [0.25, 0.3) is 22.1 Å². The van der Waals surface area contributed by atoms with Gasteiger partial charge in [0.2, 0.25) is 0 Å². The molecule has 0 fully saturated rings. The monoisotopic (exact) mass is 435 g/mol. The first-order valence-corrected chi connectivity index (χ1v) is 9.52. The first kappa shape index (κ1) is 20.3. The molecule has 0 saturated heterocycles. The highest BCUT2D eigenvalue weighted by Crippen LogP contribution is 2.33. The molecule has 0 spiro atoms. The Morgan fingerprint density at radius 3 is 2.52 bits per heavy atom. The Balaban J connectivity index is 1.76. The van der Waals surface area contributed by atoms with Crippen LogP contribution in [0.5, 0.6) is 5.75 Å². The van der Waals surface area contributed by atoms with Crippen molar-refractivity contribution < 1.29 is 18.9 Å². The lowest BCUT2D eigenvalue weighted by Gasteiger charge is -2.11. The molecule has 154 valence electrons. The number of carbonyl (C=O) groups excluding carboxylic acids is 1. The number of ether oxygens (including phenoxy) is 1. The van der Waals surface area contributed by atoms with E-state index in [1.54, 1.807) is 19.1 Å². The van der Waals surface area contributed by atoms with E-state index in [1.807, 2.05) is 30.3 Å². The summed E-state index contributed by atoms with van der Waals surface area (Å²) in [6.45, 7) is 1.66. The van der Waals surface area contributed by atoms with E-state index in [1.165, 1.54) is 18.2 Å². The second-order valence-electron chi connectivity index (χ2n) is 6.72. The lowest BCUT2D eigenvalue weighted by atomic mass is 10.0. The zero-order chi connectivity index (χ0) is 22.1. The van der Waals surface area contributed by atoms with E-state index in [0.29, 0.717) is 22.1 Å². The van der Waals surface area contributed by atoms with Crippen molar-refractivity contribution in [2.24, 2.45) is 0 Å². The van der Waals surface area contributed by atoms with E-state index in [-0.39, 0.29) is 16.3 Å². The zero-order valence-electron chi connectivity index (χ0n) is 16.1. The predicted octanol–water partition coefficient (Wildman–Crippen LogP) is 5.55. The normalized spacial score (nSPS) is 10.8. The van der Waals surface area contributed by atoms with E-state index in [4.69, 9.17) is 20.8 Å². The van der Waals surface area contributed by atoms with Crippen molar-refractivity contribution in [3.63, 3.8) is 0 Å². The Morgan fingerprint density at radius 2 is 1.81 bits per heavy atom. The molecular weight excluding hydrogens is 422 g/mol. The van der Waals surface area contributed by atoms with Crippen LogP contribution < -0.4 is 10.4 Å².